The molecular formula is C24H34N2O7S2. The molecule has 9 nitrogen and oxygen atoms in total. The first-order chi connectivity index (χ1) is 16.2. The molecule has 1 aliphatic heterocycles. The summed E-state index contributed by atoms with van der Waals surface area (Å²) >= 11 is 1.42. The Labute approximate surface area is 212 Å². The number of carbonyl (C=O) groups is 2. The summed E-state index contributed by atoms with van der Waals surface area (Å²) in [6.45, 7) is 10.9. The molecule has 0 unspecified atom stereocenters. The first-order valence-electron chi connectivity index (χ1n) is 11.1. The van der Waals surface area contributed by atoms with E-state index in [2.05, 4.69) is 17.2 Å². The van der Waals surface area contributed by atoms with E-state index in [1.807, 2.05) is 0 Å². The molecule has 2 atom stereocenters. The molecule has 0 spiro atoms. The molecule has 0 saturated carbocycles. The highest BCUT2D eigenvalue weighted by Crippen LogP contribution is 2.42. The van der Waals surface area contributed by atoms with Crippen molar-refractivity contribution >= 4 is 33.8 Å². The molecule has 2 rings (SSSR count). The zero-order valence-electron chi connectivity index (χ0n) is 21.2. The third-order valence-corrected chi connectivity index (χ3v) is 8.34. The number of nitrogens with zero attached hydrogens (tertiary/aromatic N) is 1. The molecule has 1 aliphatic rings. The van der Waals surface area contributed by atoms with Gasteiger partial charge in [-0.3, -0.25) is 4.79 Å². The maximum Gasteiger partial charge on any atom is 0.407 e. The molecule has 0 aliphatic carbocycles. The van der Waals surface area contributed by atoms with Crippen LogP contribution >= 0.6 is 11.8 Å². The molecule has 1 N–H and O–H groups in total. The van der Waals surface area contributed by atoms with E-state index in [1.54, 1.807) is 53.7 Å². The minimum absolute atomic E-state index is 0.00364. The predicted octanol–water partition coefficient (Wildman–Crippen LogP) is 3.04. The van der Waals surface area contributed by atoms with Gasteiger partial charge in [0.2, 0.25) is 10.0 Å². The normalized spacial score (nSPS) is 20.2. The second-order valence-corrected chi connectivity index (χ2v) is 13.3. The number of benzene rings is 1. The number of ether oxygens (including phenoxy) is 3. The monoisotopic (exact) mass is 526 g/mol. The van der Waals surface area contributed by atoms with Gasteiger partial charge in [-0.1, -0.05) is 5.92 Å². The zero-order chi connectivity index (χ0) is 26.4. The van der Waals surface area contributed by atoms with Crippen molar-refractivity contribution in [3.63, 3.8) is 0 Å². The number of nitrogens with one attached hydrogen (secondary N) is 1. The fourth-order valence-electron chi connectivity index (χ4n) is 3.59. The Morgan fingerprint density at radius 3 is 2.40 bits per heavy atom. The van der Waals surface area contributed by atoms with Crippen molar-refractivity contribution < 1.29 is 32.2 Å². The average molecular weight is 527 g/mol. The second kappa shape index (κ2) is 11.5. The maximum absolute atomic E-state index is 13.7. The highest BCUT2D eigenvalue weighted by atomic mass is 32.2. The molecule has 1 fully saturated rings. The van der Waals surface area contributed by atoms with Gasteiger partial charge >= 0.3 is 12.1 Å². The summed E-state index contributed by atoms with van der Waals surface area (Å²) in [6, 6.07) is 4.89. The van der Waals surface area contributed by atoms with Gasteiger partial charge in [0.05, 0.1) is 12.0 Å². The van der Waals surface area contributed by atoms with Crippen LogP contribution in [-0.4, -0.2) is 73.2 Å². The fourth-order valence-corrected chi connectivity index (χ4v) is 7.11. The van der Waals surface area contributed by atoms with Crippen LogP contribution in [0.4, 0.5) is 4.79 Å². The standard InChI is InChI=1S/C24H34N2O7S2/c1-8-9-14-32-17-10-12-19(13-11-17)35(29,30)26-16-18(15-25-22(28)33-23(2,3)4)34-24(5,6)20(26)21(27)31-7/h10-13,18,20H,14-16H2,1-7H3,(H,25,28)/t18-,20+/m1/s1. The SMILES string of the molecule is CC#CCOc1ccc(S(=O)(=O)N2C[C@@H](CNC(=O)OC(C)(C)C)SC(C)(C)[C@@H]2C(=O)OC)cc1. The van der Waals surface area contributed by atoms with Crippen molar-refractivity contribution in [1.29, 1.82) is 0 Å². The predicted molar refractivity (Wildman–Crippen MR) is 135 cm³/mol. The van der Waals surface area contributed by atoms with Crippen molar-refractivity contribution in [1.82, 2.24) is 9.62 Å². The number of amides is 1. The van der Waals surface area contributed by atoms with E-state index in [9.17, 15) is 18.0 Å². The summed E-state index contributed by atoms with van der Waals surface area (Å²) in [7, 11) is -2.86. The lowest BCUT2D eigenvalue weighted by Crippen LogP contribution is -2.62. The smallest absolute Gasteiger partial charge is 0.407 e. The Morgan fingerprint density at radius 1 is 1.23 bits per heavy atom. The molecule has 1 heterocycles. The van der Waals surface area contributed by atoms with Crippen LogP contribution in [0.5, 0.6) is 5.75 Å². The van der Waals surface area contributed by atoms with E-state index >= 15 is 0 Å². The topological polar surface area (TPSA) is 111 Å². The minimum atomic E-state index is -4.09. The summed E-state index contributed by atoms with van der Waals surface area (Å²) in [6.07, 6.45) is -0.594. The van der Waals surface area contributed by atoms with Crippen LogP contribution in [0.3, 0.4) is 0 Å². The summed E-state index contributed by atoms with van der Waals surface area (Å²) in [5, 5.41) is 2.37. The lowest BCUT2D eigenvalue weighted by molar-refractivity contribution is -0.146. The number of alkyl carbamates (subject to hydrolysis) is 1. The Hall–Kier alpha value is -2.42. The Morgan fingerprint density at radius 2 is 1.86 bits per heavy atom. The highest BCUT2D eigenvalue weighted by molar-refractivity contribution is 8.01. The van der Waals surface area contributed by atoms with Gasteiger partial charge in [0, 0.05) is 23.1 Å². The Balaban J connectivity index is 2.31. The molecule has 0 bridgehead atoms. The average Bonchev–Trinajstić information content (AvgIpc) is 2.75. The molecule has 11 heteroatoms. The van der Waals surface area contributed by atoms with Gasteiger partial charge in [0.15, 0.2) is 0 Å². The third kappa shape index (κ3) is 7.78. The van der Waals surface area contributed by atoms with Crippen LogP contribution in [0, 0.1) is 11.8 Å². The van der Waals surface area contributed by atoms with Gasteiger partial charge in [-0.25, -0.2) is 13.2 Å². The molecule has 0 aromatic heterocycles. The van der Waals surface area contributed by atoms with E-state index in [4.69, 9.17) is 14.2 Å². The zero-order valence-corrected chi connectivity index (χ0v) is 22.8. The van der Waals surface area contributed by atoms with E-state index in [0.717, 1.165) is 4.31 Å². The largest absolute Gasteiger partial charge is 0.481 e. The second-order valence-electron chi connectivity index (χ2n) is 9.41. The van der Waals surface area contributed by atoms with Gasteiger partial charge in [0.25, 0.3) is 0 Å². The lowest BCUT2D eigenvalue weighted by atomic mass is 10.0. The van der Waals surface area contributed by atoms with Crippen LogP contribution in [0.2, 0.25) is 0 Å². The van der Waals surface area contributed by atoms with Gasteiger partial charge in [-0.05, 0) is 65.8 Å². The third-order valence-electron chi connectivity index (χ3n) is 5.02. The quantitative estimate of drug-likeness (QED) is 0.426. The van der Waals surface area contributed by atoms with Crippen LogP contribution in [-0.2, 0) is 24.3 Å². The van der Waals surface area contributed by atoms with Gasteiger partial charge in [-0.2, -0.15) is 4.31 Å². The number of carbonyl (C=O) groups excluding carboxylic acids is 2. The number of hydrogen-bond donors (Lipinski definition) is 1. The van der Waals surface area contributed by atoms with Gasteiger partial charge in [-0.15, -0.1) is 17.7 Å². The molecule has 1 aromatic rings. The number of methoxy groups -OCH3 is 1. The first-order valence-corrected chi connectivity index (χ1v) is 13.4. The Kier molecular flexibility index (Phi) is 9.50. The van der Waals surface area contributed by atoms with Gasteiger partial charge in [0.1, 0.15) is 24.0 Å². The molecular weight excluding hydrogens is 492 g/mol. The van der Waals surface area contributed by atoms with Crippen LogP contribution in [0.1, 0.15) is 41.5 Å². The van der Waals surface area contributed by atoms with Crippen LogP contribution in [0.25, 0.3) is 0 Å². The summed E-state index contributed by atoms with van der Waals surface area (Å²) in [5.74, 6) is 5.32. The van der Waals surface area contributed by atoms with Crippen LogP contribution < -0.4 is 10.1 Å². The van der Waals surface area contributed by atoms with Crippen molar-refractivity contribution in [3.05, 3.63) is 24.3 Å². The molecule has 35 heavy (non-hydrogen) atoms. The first kappa shape index (κ1) is 28.8. The van der Waals surface area contributed by atoms with E-state index in [-0.39, 0.29) is 29.8 Å². The van der Waals surface area contributed by atoms with Crippen LogP contribution in [0.15, 0.2) is 29.2 Å². The van der Waals surface area contributed by atoms with Crippen molar-refractivity contribution in [3.8, 4) is 17.6 Å². The number of esters is 1. The molecule has 1 saturated heterocycles. The molecule has 1 aromatic carbocycles. The maximum atomic E-state index is 13.7. The molecule has 1 amide bonds. The summed E-state index contributed by atoms with van der Waals surface area (Å²) in [4.78, 5) is 24.9. The van der Waals surface area contributed by atoms with E-state index in [1.165, 1.54) is 31.0 Å². The molecule has 0 radical (unpaired) electrons. The highest BCUT2D eigenvalue weighted by Gasteiger charge is 2.51. The van der Waals surface area contributed by atoms with E-state index in [0.29, 0.717) is 5.75 Å². The van der Waals surface area contributed by atoms with Gasteiger partial charge < -0.3 is 19.5 Å². The Bertz CT molecular complexity index is 1070. The van der Waals surface area contributed by atoms with Crippen molar-refractivity contribution in [2.75, 3.05) is 26.8 Å². The summed E-state index contributed by atoms with van der Waals surface area (Å²) < 4.78 is 43.4. The summed E-state index contributed by atoms with van der Waals surface area (Å²) in [5.41, 5.74) is -0.659. The van der Waals surface area contributed by atoms with Crippen molar-refractivity contribution in [2.45, 2.75) is 68.1 Å². The number of sulfonamides is 1. The minimum Gasteiger partial charge on any atom is -0.481 e. The van der Waals surface area contributed by atoms with Crippen molar-refractivity contribution in [2.24, 2.45) is 0 Å². The lowest BCUT2D eigenvalue weighted by Gasteiger charge is -2.46. The number of thioether (sulfide) groups is 1. The number of hydrogen-bond acceptors (Lipinski definition) is 8. The fraction of sp³-hybridized carbons (Fsp3) is 0.583. The number of rotatable bonds is 7. The van der Waals surface area contributed by atoms with E-state index < -0.39 is 38.5 Å². The molecule has 194 valence electrons.